The molecule has 0 bridgehead atoms. The second-order valence-corrected chi connectivity index (χ2v) is 5.13. The summed E-state index contributed by atoms with van der Waals surface area (Å²) in [5.74, 6) is -0.589. The third-order valence-electron chi connectivity index (χ3n) is 3.13. The van der Waals surface area contributed by atoms with Gasteiger partial charge in [-0.2, -0.15) is 0 Å². The van der Waals surface area contributed by atoms with Crippen molar-refractivity contribution in [1.82, 2.24) is 5.32 Å². The van der Waals surface area contributed by atoms with Crippen LogP contribution in [-0.4, -0.2) is 30.2 Å². The molecule has 0 saturated heterocycles. The Kier molecular flexibility index (Phi) is 3.74. The quantitative estimate of drug-likeness (QED) is 0.876. The van der Waals surface area contributed by atoms with Crippen molar-refractivity contribution in [3.05, 3.63) is 29.3 Å². The lowest BCUT2D eigenvalue weighted by atomic mass is 10.1. The Labute approximate surface area is 112 Å². The molecular weight excluding hydrogens is 244 g/mol. The summed E-state index contributed by atoms with van der Waals surface area (Å²) >= 11 is 0. The normalized spacial score (nSPS) is 13.5. The molecule has 2 amide bonds. The third-order valence-corrected chi connectivity index (χ3v) is 3.13. The van der Waals surface area contributed by atoms with E-state index in [1.807, 2.05) is 13.8 Å². The fraction of sp³-hybridized carbons (Fsp3) is 0.429. The van der Waals surface area contributed by atoms with E-state index in [4.69, 9.17) is 5.11 Å². The molecule has 102 valence electrons. The van der Waals surface area contributed by atoms with Gasteiger partial charge < -0.3 is 10.4 Å². The maximum Gasteiger partial charge on any atom is 0.335 e. The van der Waals surface area contributed by atoms with Crippen LogP contribution in [0.1, 0.15) is 29.8 Å². The molecular formula is C14H18N2O3. The van der Waals surface area contributed by atoms with Gasteiger partial charge in [0.2, 0.25) is 0 Å². The molecule has 1 aromatic carbocycles. The molecule has 0 spiro atoms. The topological polar surface area (TPSA) is 69.6 Å². The molecule has 0 aliphatic carbocycles. The van der Waals surface area contributed by atoms with Crippen LogP contribution in [0.2, 0.25) is 0 Å². The van der Waals surface area contributed by atoms with Crippen LogP contribution < -0.4 is 10.2 Å². The number of anilines is 1. The van der Waals surface area contributed by atoms with Crippen LogP contribution >= 0.6 is 0 Å². The highest BCUT2D eigenvalue weighted by atomic mass is 16.4. The highest BCUT2D eigenvalue weighted by molar-refractivity contribution is 5.96. The lowest BCUT2D eigenvalue weighted by Gasteiger charge is -2.19. The van der Waals surface area contributed by atoms with Gasteiger partial charge in [-0.25, -0.2) is 9.59 Å². The number of carbonyl (C=O) groups excluding carboxylic acids is 1. The Hall–Kier alpha value is -2.04. The fourth-order valence-corrected chi connectivity index (χ4v) is 2.11. The smallest absolute Gasteiger partial charge is 0.335 e. The van der Waals surface area contributed by atoms with E-state index in [2.05, 4.69) is 5.32 Å². The van der Waals surface area contributed by atoms with Crippen LogP contribution in [0.3, 0.4) is 0 Å². The molecule has 5 heteroatoms. The predicted molar refractivity (Wildman–Crippen MR) is 72.7 cm³/mol. The number of amides is 2. The second kappa shape index (κ2) is 5.30. The minimum atomic E-state index is -0.975. The Balaban J connectivity index is 2.18. The molecule has 1 aromatic rings. The molecule has 1 heterocycles. The van der Waals surface area contributed by atoms with Gasteiger partial charge in [-0.15, -0.1) is 0 Å². The number of carboxylic acids is 1. The van der Waals surface area contributed by atoms with Gasteiger partial charge in [-0.05, 0) is 30.0 Å². The zero-order valence-corrected chi connectivity index (χ0v) is 11.1. The highest BCUT2D eigenvalue weighted by Gasteiger charge is 2.25. The standard InChI is InChI=1S/C14H18N2O3/c1-9(2)8-15-14(19)16-6-5-10-3-4-11(13(17)18)7-12(10)16/h3-4,7,9H,5-6,8H2,1-2H3,(H,15,19)(H,17,18). The molecule has 0 aromatic heterocycles. The van der Waals surface area contributed by atoms with E-state index < -0.39 is 5.97 Å². The van der Waals surface area contributed by atoms with E-state index in [-0.39, 0.29) is 11.6 Å². The number of urea groups is 1. The summed E-state index contributed by atoms with van der Waals surface area (Å²) in [6.07, 6.45) is 0.768. The van der Waals surface area contributed by atoms with E-state index in [0.29, 0.717) is 24.7 Å². The lowest BCUT2D eigenvalue weighted by Crippen LogP contribution is -2.40. The van der Waals surface area contributed by atoms with Gasteiger partial charge in [0.1, 0.15) is 0 Å². The van der Waals surface area contributed by atoms with Crippen molar-refractivity contribution in [2.24, 2.45) is 5.92 Å². The molecule has 0 saturated carbocycles. The Bertz CT molecular complexity index is 511. The SMILES string of the molecule is CC(C)CNC(=O)N1CCc2ccc(C(=O)O)cc21. The average molecular weight is 262 g/mol. The number of carbonyl (C=O) groups is 2. The molecule has 2 rings (SSSR count). The maximum atomic E-state index is 12.1. The molecule has 1 aliphatic heterocycles. The van der Waals surface area contributed by atoms with Crippen LogP contribution in [0.25, 0.3) is 0 Å². The second-order valence-electron chi connectivity index (χ2n) is 5.13. The number of benzene rings is 1. The Morgan fingerprint density at radius 3 is 2.79 bits per heavy atom. The minimum Gasteiger partial charge on any atom is -0.478 e. The Morgan fingerprint density at radius 1 is 1.42 bits per heavy atom. The third kappa shape index (κ3) is 2.86. The monoisotopic (exact) mass is 262 g/mol. The van der Waals surface area contributed by atoms with E-state index in [1.165, 1.54) is 0 Å². The van der Waals surface area contributed by atoms with Crippen molar-refractivity contribution in [2.45, 2.75) is 20.3 Å². The number of aromatic carboxylic acids is 1. The molecule has 0 radical (unpaired) electrons. The molecule has 0 unspecified atom stereocenters. The van der Waals surface area contributed by atoms with Crippen molar-refractivity contribution < 1.29 is 14.7 Å². The van der Waals surface area contributed by atoms with Gasteiger partial charge in [0.15, 0.2) is 0 Å². The fourth-order valence-electron chi connectivity index (χ4n) is 2.11. The summed E-state index contributed by atoms with van der Waals surface area (Å²) < 4.78 is 0. The zero-order valence-electron chi connectivity index (χ0n) is 11.1. The number of nitrogens with zero attached hydrogens (tertiary/aromatic N) is 1. The number of carboxylic acid groups (broad SMARTS) is 1. The molecule has 0 atom stereocenters. The summed E-state index contributed by atoms with van der Waals surface area (Å²) in [5, 5.41) is 11.9. The van der Waals surface area contributed by atoms with Gasteiger partial charge in [0.25, 0.3) is 0 Å². The predicted octanol–water partition coefficient (Wildman–Crippen LogP) is 2.11. The summed E-state index contributed by atoms with van der Waals surface area (Å²) in [5.41, 5.74) is 1.94. The number of hydrogen-bond acceptors (Lipinski definition) is 2. The first kappa shape index (κ1) is 13.4. The van der Waals surface area contributed by atoms with Crippen molar-refractivity contribution in [2.75, 3.05) is 18.0 Å². The number of hydrogen-bond donors (Lipinski definition) is 2. The van der Waals surface area contributed by atoms with E-state index >= 15 is 0 Å². The van der Waals surface area contributed by atoms with Gasteiger partial charge in [0, 0.05) is 18.8 Å². The molecule has 19 heavy (non-hydrogen) atoms. The van der Waals surface area contributed by atoms with Gasteiger partial charge in [-0.1, -0.05) is 19.9 Å². The first-order valence-corrected chi connectivity index (χ1v) is 6.40. The highest BCUT2D eigenvalue weighted by Crippen LogP contribution is 2.29. The first-order valence-electron chi connectivity index (χ1n) is 6.40. The van der Waals surface area contributed by atoms with Gasteiger partial charge >= 0.3 is 12.0 Å². The van der Waals surface area contributed by atoms with Crippen molar-refractivity contribution in [1.29, 1.82) is 0 Å². The van der Waals surface area contributed by atoms with Crippen molar-refractivity contribution in [3.8, 4) is 0 Å². The molecule has 2 N–H and O–H groups in total. The van der Waals surface area contributed by atoms with E-state index in [9.17, 15) is 9.59 Å². The summed E-state index contributed by atoms with van der Waals surface area (Å²) in [7, 11) is 0. The number of fused-ring (bicyclic) bond motifs is 1. The lowest BCUT2D eigenvalue weighted by molar-refractivity contribution is 0.0697. The van der Waals surface area contributed by atoms with E-state index in [1.54, 1.807) is 23.1 Å². The molecule has 1 aliphatic rings. The minimum absolute atomic E-state index is 0.157. The van der Waals surface area contributed by atoms with Crippen molar-refractivity contribution in [3.63, 3.8) is 0 Å². The summed E-state index contributed by atoms with van der Waals surface area (Å²) in [4.78, 5) is 24.6. The van der Waals surface area contributed by atoms with Crippen LogP contribution in [-0.2, 0) is 6.42 Å². The molecule has 0 fully saturated rings. The van der Waals surface area contributed by atoms with Gasteiger partial charge in [0.05, 0.1) is 5.56 Å². The van der Waals surface area contributed by atoms with Crippen LogP contribution in [0.4, 0.5) is 10.5 Å². The Morgan fingerprint density at radius 2 is 2.16 bits per heavy atom. The summed E-state index contributed by atoms with van der Waals surface area (Å²) in [6.45, 7) is 5.27. The van der Waals surface area contributed by atoms with E-state index in [0.717, 1.165) is 12.0 Å². The van der Waals surface area contributed by atoms with Crippen LogP contribution in [0.15, 0.2) is 18.2 Å². The van der Waals surface area contributed by atoms with Crippen molar-refractivity contribution >= 4 is 17.7 Å². The van der Waals surface area contributed by atoms with Crippen LogP contribution in [0.5, 0.6) is 0 Å². The number of nitrogens with one attached hydrogen (secondary N) is 1. The average Bonchev–Trinajstić information content (AvgIpc) is 2.78. The molecule has 5 nitrogen and oxygen atoms in total. The summed E-state index contributed by atoms with van der Waals surface area (Å²) in [6, 6.07) is 4.78. The zero-order chi connectivity index (χ0) is 14.0. The largest absolute Gasteiger partial charge is 0.478 e. The maximum absolute atomic E-state index is 12.1. The number of rotatable bonds is 3. The van der Waals surface area contributed by atoms with Crippen LogP contribution in [0, 0.1) is 5.92 Å². The van der Waals surface area contributed by atoms with Gasteiger partial charge in [-0.3, -0.25) is 4.90 Å². The first-order chi connectivity index (χ1) is 8.99.